The molecule has 1 amide bonds. The van der Waals surface area contributed by atoms with Crippen LogP contribution in [0.1, 0.15) is 60.2 Å². The van der Waals surface area contributed by atoms with E-state index in [-0.39, 0.29) is 11.9 Å². The summed E-state index contributed by atoms with van der Waals surface area (Å²) in [6, 6.07) is 6.26. The molecule has 0 heterocycles. The molecule has 23 heavy (non-hydrogen) atoms. The van der Waals surface area contributed by atoms with Crippen molar-refractivity contribution in [3.8, 4) is 0 Å². The number of hydrogen-bond donors (Lipinski definition) is 1. The summed E-state index contributed by atoms with van der Waals surface area (Å²) in [6.07, 6.45) is 4.27. The van der Waals surface area contributed by atoms with Crippen molar-refractivity contribution in [3.63, 3.8) is 0 Å². The van der Waals surface area contributed by atoms with E-state index < -0.39 is 12.1 Å². The maximum atomic E-state index is 12.2. The van der Waals surface area contributed by atoms with Crippen molar-refractivity contribution in [2.75, 3.05) is 0 Å². The van der Waals surface area contributed by atoms with E-state index in [1.165, 1.54) is 30.7 Å². The highest BCUT2D eigenvalue weighted by Crippen LogP contribution is 2.23. The molecule has 1 aliphatic carbocycles. The van der Waals surface area contributed by atoms with Gasteiger partial charge in [-0.15, -0.1) is 0 Å². The molecule has 1 N–H and O–H groups in total. The van der Waals surface area contributed by atoms with E-state index >= 15 is 0 Å². The number of carbonyl (C=O) groups excluding carboxylic acids is 3. The van der Waals surface area contributed by atoms with Crippen molar-refractivity contribution < 1.29 is 19.1 Å². The van der Waals surface area contributed by atoms with Crippen LogP contribution in [-0.4, -0.2) is 30.3 Å². The third-order valence-corrected chi connectivity index (χ3v) is 4.37. The van der Waals surface area contributed by atoms with Crippen molar-refractivity contribution in [1.82, 2.24) is 5.32 Å². The second kappa shape index (κ2) is 7.90. The van der Waals surface area contributed by atoms with Crippen LogP contribution in [0, 0.1) is 5.92 Å². The molecule has 0 saturated heterocycles. The number of ether oxygens (including phenoxy) is 1. The van der Waals surface area contributed by atoms with Crippen LogP contribution in [0.25, 0.3) is 0 Å². The molecule has 0 bridgehead atoms. The molecule has 1 aromatic rings. The first-order chi connectivity index (χ1) is 11.0. The fraction of sp³-hybridized carbons (Fsp3) is 0.500. The number of benzene rings is 1. The largest absolute Gasteiger partial charge is 0.449 e. The van der Waals surface area contributed by atoms with Gasteiger partial charge in [0, 0.05) is 11.6 Å². The highest BCUT2D eigenvalue weighted by Gasteiger charge is 2.26. The lowest BCUT2D eigenvalue weighted by Crippen LogP contribution is -2.45. The van der Waals surface area contributed by atoms with Gasteiger partial charge in [0.05, 0.1) is 5.56 Å². The Hall–Kier alpha value is -2.17. The Morgan fingerprint density at radius 1 is 1.22 bits per heavy atom. The number of carbonyl (C=O) groups is 3. The summed E-state index contributed by atoms with van der Waals surface area (Å²) in [6.45, 7) is 3.70. The highest BCUT2D eigenvalue weighted by molar-refractivity contribution is 5.92. The molecule has 0 radical (unpaired) electrons. The molecule has 5 heteroatoms. The van der Waals surface area contributed by atoms with Gasteiger partial charge in [-0.2, -0.15) is 0 Å². The SMILES string of the molecule is CC(OC(=O)c1ccc(C=O)cc1)C(=O)NC1CCCCC1C. The summed E-state index contributed by atoms with van der Waals surface area (Å²) in [7, 11) is 0. The monoisotopic (exact) mass is 317 g/mol. The topological polar surface area (TPSA) is 72.5 Å². The molecule has 0 aliphatic heterocycles. The van der Waals surface area contributed by atoms with Crippen molar-refractivity contribution >= 4 is 18.2 Å². The Morgan fingerprint density at radius 2 is 1.87 bits per heavy atom. The Balaban J connectivity index is 1.89. The predicted octanol–water partition coefficient (Wildman–Crippen LogP) is 2.74. The first kappa shape index (κ1) is 17.2. The second-order valence-electron chi connectivity index (χ2n) is 6.16. The van der Waals surface area contributed by atoms with Gasteiger partial charge >= 0.3 is 5.97 Å². The van der Waals surface area contributed by atoms with Gasteiger partial charge in [0.2, 0.25) is 0 Å². The maximum absolute atomic E-state index is 12.2. The summed E-state index contributed by atoms with van der Waals surface area (Å²) >= 11 is 0. The van der Waals surface area contributed by atoms with E-state index in [9.17, 15) is 14.4 Å². The van der Waals surface area contributed by atoms with E-state index in [0.717, 1.165) is 19.3 Å². The molecular weight excluding hydrogens is 294 g/mol. The van der Waals surface area contributed by atoms with E-state index in [1.54, 1.807) is 6.92 Å². The van der Waals surface area contributed by atoms with Crippen molar-refractivity contribution in [2.45, 2.75) is 51.7 Å². The summed E-state index contributed by atoms with van der Waals surface area (Å²) in [4.78, 5) is 34.8. The van der Waals surface area contributed by atoms with Crippen LogP contribution in [0.3, 0.4) is 0 Å². The minimum absolute atomic E-state index is 0.157. The molecule has 0 spiro atoms. The van der Waals surface area contributed by atoms with Crippen LogP contribution in [0.15, 0.2) is 24.3 Å². The van der Waals surface area contributed by atoms with E-state index in [0.29, 0.717) is 23.3 Å². The molecular formula is C18H23NO4. The molecule has 3 atom stereocenters. The number of rotatable bonds is 5. The molecule has 1 aliphatic rings. The number of amides is 1. The van der Waals surface area contributed by atoms with Crippen molar-refractivity contribution in [1.29, 1.82) is 0 Å². The van der Waals surface area contributed by atoms with Crippen LogP contribution in [-0.2, 0) is 9.53 Å². The smallest absolute Gasteiger partial charge is 0.338 e. The van der Waals surface area contributed by atoms with E-state index in [4.69, 9.17) is 4.74 Å². The molecule has 3 unspecified atom stereocenters. The van der Waals surface area contributed by atoms with E-state index in [1.807, 2.05) is 0 Å². The second-order valence-corrected chi connectivity index (χ2v) is 6.16. The average molecular weight is 317 g/mol. The van der Waals surface area contributed by atoms with Gasteiger partial charge in [0.1, 0.15) is 6.29 Å². The summed E-state index contributed by atoms with van der Waals surface area (Å²) < 4.78 is 5.21. The zero-order valence-corrected chi connectivity index (χ0v) is 13.6. The van der Waals surface area contributed by atoms with Crippen molar-refractivity contribution in [2.24, 2.45) is 5.92 Å². The zero-order chi connectivity index (χ0) is 16.8. The molecule has 124 valence electrons. The van der Waals surface area contributed by atoms with Gasteiger partial charge in [-0.05, 0) is 37.8 Å². The average Bonchev–Trinajstić information content (AvgIpc) is 2.56. The van der Waals surface area contributed by atoms with E-state index in [2.05, 4.69) is 12.2 Å². The first-order valence-electron chi connectivity index (χ1n) is 8.08. The first-order valence-corrected chi connectivity index (χ1v) is 8.08. The number of aldehydes is 1. The minimum Gasteiger partial charge on any atom is -0.449 e. The molecule has 2 rings (SSSR count). The normalized spacial score (nSPS) is 22.0. The van der Waals surface area contributed by atoms with Crippen LogP contribution in [0.4, 0.5) is 0 Å². The highest BCUT2D eigenvalue weighted by atomic mass is 16.5. The molecule has 5 nitrogen and oxygen atoms in total. The third-order valence-electron chi connectivity index (χ3n) is 4.37. The number of hydrogen-bond acceptors (Lipinski definition) is 4. The van der Waals surface area contributed by atoms with Gasteiger partial charge in [0.15, 0.2) is 6.10 Å². The Bertz CT molecular complexity index is 567. The van der Waals surface area contributed by atoms with Crippen LogP contribution in [0.2, 0.25) is 0 Å². The van der Waals surface area contributed by atoms with Gasteiger partial charge in [-0.3, -0.25) is 9.59 Å². The zero-order valence-electron chi connectivity index (χ0n) is 13.6. The Morgan fingerprint density at radius 3 is 2.48 bits per heavy atom. The van der Waals surface area contributed by atoms with Gasteiger partial charge in [0.25, 0.3) is 5.91 Å². The summed E-state index contributed by atoms with van der Waals surface area (Å²) in [5.41, 5.74) is 0.805. The van der Waals surface area contributed by atoms with Gasteiger partial charge < -0.3 is 10.1 Å². The van der Waals surface area contributed by atoms with Crippen LogP contribution < -0.4 is 5.32 Å². The minimum atomic E-state index is -0.845. The van der Waals surface area contributed by atoms with Crippen LogP contribution in [0.5, 0.6) is 0 Å². The van der Waals surface area contributed by atoms with Gasteiger partial charge in [-0.25, -0.2) is 4.79 Å². The number of esters is 1. The molecule has 1 saturated carbocycles. The van der Waals surface area contributed by atoms with Crippen LogP contribution >= 0.6 is 0 Å². The maximum Gasteiger partial charge on any atom is 0.338 e. The fourth-order valence-corrected chi connectivity index (χ4v) is 2.81. The molecule has 1 fully saturated rings. The van der Waals surface area contributed by atoms with Gasteiger partial charge in [-0.1, -0.05) is 31.9 Å². The lowest BCUT2D eigenvalue weighted by molar-refractivity contribution is -0.130. The summed E-state index contributed by atoms with van der Waals surface area (Å²) in [5.74, 6) is -0.380. The third kappa shape index (κ3) is 4.65. The quantitative estimate of drug-likeness (QED) is 0.669. The lowest BCUT2D eigenvalue weighted by atomic mass is 9.86. The van der Waals surface area contributed by atoms with Crippen molar-refractivity contribution in [3.05, 3.63) is 35.4 Å². The molecule has 0 aromatic heterocycles. The Kier molecular flexibility index (Phi) is 5.90. The summed E-state index contributed by atoms with van der Waals surface area (Å²) in [5, 5.41) is 2.98. The predicted molar refractivity (Wildman–Crippen MR) is 86.3 cm³/mol. The Labute approximate surface area is 136 Å². The molecule has 1 aromatic carbocycles. The fourth-order valence-electron chi connectivity index (χ4n) is 2.81. The standard InChI is InChI=1S/C18H23NO4/c1-12-5-3-4-6-16(12)19-17(21)13(2)23-18(22)15-9-7-14(11-20)8-10-15/h7-13,16H,3-6H2,1-2H3,(H,19,21). The lowest BCUT2D eigenvalue weighted by Gasteiger charge is -2.30. The number of nitrogens with one attached hydrogen (secondary N) is 1.